The summed E-state index contributed by atoms with van der Waals surface area (Å²) in [7, 11) is 0. The Morgan fingerprint density at radius 3 is 2.05 bits per heavy atom. The zero-order chi connectivity index (χ0) is 28.5. The lowest BCUT2D eigenvalue weighted by Crippen LogP contribution is -2.31. The molecular formula is C34H58O7. The molecule has 1 N–H and O–H groups in total. The zero-order valence-corrected chi connectivity index (χ0v) is 25.7. The highest BCUT2D eigenvalue weighted by Gasteiger charge is 2.45. The fourth-order valence-electron chi connectivity index (χ4n) is 6.64. The third kappa shape index (κ3) is 11.7. The molecule has 4 aliphatic rings. The highest BCUT2D eigenvalue weighted by atomic mass is 16.7. The van der Waals surface area contributed by atoms with Crippen molar-refractivity contribution >= 4 is 0 Å². The summed E-state index contributed by atoms with van der Waals surface area (Å²) in [5.74, 6) is 0.471. The molecule has 1 saturated carbocycles. The number of aliphatic hydroxyl groups is 1. The van der Waals surface area contributed by atoms with E-state index >= 15 is 0 Å². The SMILES string of the molecule is CCCCCC(C=C[C@@H]1[C@@H](CC=CCCCO)[C@@H](OC2CCCCO2)C[C@H]1OC1CCCCO1)OC1CCCCO1. The van der Waals surface area contributed by atoms with Gasteiger partial charge in [-0.15, -0.1) is 0 Å². The van der Waals surface area contributed by atoms with Gasteiger partial charge in [-0.3, -0.25) is 0 Å². The van der Waals surface area contributed by atoms with E-state index in [-0.39, 0.29) is 55.6 Å². The van der Waals surface area contributed by atoms with Gasteiger partial charge in [0.2, 0.25) is 0 Å². The van der Waals surface area contributed by atoms with Crippen molar-refractivity contribution < 1.29 is 33.5 Å². The van der Waals surface area contributed by atoms with Crippen LogP contribution in [0.2, 0.25) is 0 Å². The lowest BCUT2D eigenvalue weighted by molar-refractivity contribution is -0.203. The van der Waals surface area contributed by atoms with E-state index in [1.54, 1.807) is 0 Å². The second kappa shape index (κ2) is 19.5. The average molecular weight is 579 g/mol. The van der Waals surface area contributed by atoms with Crippen molar-refractivity contribution in [3.8, 4) is 0 Å². The third-order valence-corrected chi connectivity index (χ3v) is 9.00. The Morgan fingerprint density at radius 2 is 1.44 bits per heavy atom. The Hall–Kier alpha value is -0.800. The van der Waals surface area contributed by atoms with E-state index in [4.69, 9.17) is 28.4 Å². The number of hydrogen-bond acceptors (Lipinski definition) is 7. The molecular weight excluding hydrogens is 520 g/mol. The van der Waals surface area contributed by atoms with Crippen molar-refractivity contribution in [3.05, 3.63) is 24.3 Å². The molecule has 0 amide bonds. The average Bonchev–Trinajstić information content (AvgIpc) is 3.32. The minimum absolute atomic E-state index is 0.0287. The molecule has 3 heterocycles. The maximum atomic E-state index is 9.22. The lowest BCUT2D eigenvalue weighted by Gasteiger charge is -2.30. The van der Waals surface area contributed by atoms with E-state index in [9.17, 15) is 5.11 Å². The van der Waals surface area contributed by atoms with E-state index in [1.165, 1.54) is 19.3 Å². The van der Waals surface area contributed by atoms with Crippen LogP contribution in [0.3, 0.4) is 0 Å². The minimum atomic E-state index is -0.137. The van der Waals surface area contributed by atoms with Gasteiger partial charge in [-0.25, -0.2) is 0 Å². The second-order valence-electron chi connectivity index (χ2n) is 12.3. The molecule has 236 valence electrons. The molecule has 8 atom stereocenters. The quantitative estimate of drug-likeness (QED) is 0.144. The third-order valence-electron chi connectivity index (χ3n) is 9.00. The molecule has 7 nitrogen and oxygen atoms in total. The molecule has 0 aromatic carbocycles. The topological polar surface area (TPSA) is 75.6 Å². The Morgan fingerprint density at radius 1 is 0.780 bits per heavy atom. The number of hydrogen-bond donors (Lipinski definition) is 1. The van der Waals surface area contributed by atoms with E-state index in [0.29, 0.717) is 0 Å². The van der Waals surface area contributed by atoms with Crippen molar-refractivity contribution in [1.82, 2.24) is 0 Å². The van der Waals surface area contributed by atoms with Crippen molar-refractivity contribution in [1.29, 1.82) is 0 Å². The molecule has 3 saturated heterocycles. The van der Waals surface area contributed by atoms with Gasteiger partial charge in [0.1, 0.15) is 0 Å². The van der Waals surface area contributed by atoms with Crippen molar-refractivity contribution in [2.24, 2.45) is 11.8 Å². The normalized spacial score (nSPS) is 34.0. The molecule has 1 aliphatic carbocycles. The Bertz CT molecular complexity index is 725. The van der Waals surface area contributed by atoms with Gasteiger partial charge < -0.3 is 33.5 Å². The van der Waals surface area contributed by atoms with Crippen LogP contribution in [0.1, 0.15) is 116 Å². The fraction of sp³-hybridized carbons (Fsp3) is 0.882. The Balaban J connectivity index is 1.51. The van der Waals surface area contributed by atoms with Crippen LogP contribution in [0, 0.1) is 11.8 Å². The summed E-state index contributed by atoms with van der Waals surface area (Å²) in [6.45, 7) is 4.83. The van der Waals surface area contributed by atoms with Crippen molar-refractivity contribution in [3.63, 3.8) is 0 Å². The molecule has 41 heavy (non-hydrogen) atoms. The highest BCUT2D eigenvalue weighted by molar-refractivity contribution is 5.07. The number of allylic oxidation sites excluding steroid dienone is 2. The van der Waals surface area contributed by atoms with Gasteiger partial charge in [0, 0.05) is 38.8 Å². The van der Waals surface area contributed by atoms with E-state index in [1.807, 2.05) is 0 Å². The first-order chi connectivity index (χ1) is 20.3. The molecule has 0 aromatic rings. The number of aliphatic hydroxyl groups excluding tert-OH is 1. The van der Waals surface area contributed by atoms with Crippen LogP contribution in [-0.4, -0.2) is 68.7 Å². The number of rotatable bonds is 17. The van der Waals surface area contributed by atoms with Crippen molar-refractivity contribution in [2.75, 3.05) is 26.4 Å². The first kappa shape index (κ1) is 33.1. The van der Waals surface area contributed by atoms with Gasteiger partial charge >= 0.3 is 0 Å². The summed E-state index contributed by atoms with van der Waals surface area (Å²) in [6, 6.07) is 0. The summed E-state index contributed by atoms with van der Waals surface area (Å²) in [5.41, 5.74) is 0. The fourth-order valence-corrected chi connectivity index (χ4v) is 6.64. The highest BCUT2D eigenvalue weighted by Crippen LogP contribution is 2.42. The first-order valence-corrected chi connectivity index (χ1v) is 17.0. The maximum Gasteiger partial charge on any atom is 0.158 e. The largest absolute Gasteiger partial charge is 0.396 e. The second-order valence-corrected chi connectivity index (χ2v) is 12.3. The van der Waals surface area contributed by atoms with Gasteiger partial charge in [0.25, 0.3) is 0 Å². The van der Waals surface area contributed by atoms with Crippen LogP contribution in [-0.2, 0) is 28.4 Å². The predicted octanol–water partition coefficient (Wildman–Crippen LogP) is 7.21. The van der Waals surface area contributed by atoms with Crippen LogP contribution >= 0.6 is 0 Å². The Labute approximate surface area is 249 Å². The summed E-state index contributed by atoms with van der Waals surface area (Å²) in [5, 5.41) is 9.22. The lowest BCUT2D eigenvalue weighted by atomic mass is 9.89. The summed E-state index contributed by atoms with van der Waals surface area (Å²) >= 11 is 0. The molecule has 0 bridgehead atoms. The number of unbranched alkanes of at least 4 members (excludes halogenated alkanes) is 3. The van der Waals surface area contributed by atoms with Crippen LogP contribution in [0.25, 0.3) is 0 Å². The smallest absolute Gasteiger partial charge is 0.158 e. The van der Waals surface area contributed by atoms with E-state index < -0.39 is 0 Å². The summed E-state index contributed by atoms with van der Waals surface area (Å²) < 4.78 is 38.0. The molecule has 3 aliphatic heterocycles. The molecule has 4 unspecified atom stereocenters. The number of ether oxygens (including phenoxy) is 6. The molecule has 7 heteroatoms. The maximum absolute atomic E-state index is 9.22. The van der Waals surface area contributed by atoms with Crippen LogP contribution in [0.4, 0.5) is 0 Å². The van der Waals surface area contributed by atoms with Crippen molar-refractivity contribution in [2.45, 2.75) is 153 Å². The van der Waals surface area contributed by atoms with E-state index in [0.717, 1.165) is 110 Å². The molecule has 0 spiro atoms. The summed E-state index contributed by atoms with van der Waals surface area (Å²) in [6.07, 6.45) is 26.7. The first-order valence-electron chi connectivity index (χ1n) is 17.0. The molecule has 0 aromatic heterocycles. The van der Waals surface area contributed by atoms with Gasteiger partial charge in [0.05, 0.1) is 18.3 Å². The monoisotopic (exact) mass is 578 g/mol. The van der Waals surface area contributed by atoms with Gasteiger partial charge in [0.15, 0.2) is 18.9 Å². The van der Waals surface area contributed by atoms with Crippen LogP contribution < -0.4 is 0 Å². The standard InChI is InChI=1S/C34H58O7/c1-2-3-6-15-27(39-32-17-8-12-23-36-32)20-21-29-28(16-7-4-5-11-22-35)30(40-33-18-9-13-24-37-33)26-31(29)41-34-19-10-14-25-38-34/h4,7,20-21,27-35H,2-3,5-6,8-19,22-26H2,1H3/t27?,28-,29-,30+,31-,32?,33?,34?/m1/s1. The predicted molar refractivity (Wildman–Crippen MR) is 160 cm³/mol. The van der Waals surface area contributed by atoms with Gasteiger partial charge in [-0.05, 0) is 89.4 Å². The van der Waals surface area contributed by atoms with E-state index in [2.05, 4.69) is 31.2 Å². The summed E-state index contributed by atoms with van der Waals surface area (Å²) in [4.78, 5) is 0. The molecule has 4 rings (SSSR count). The molecule has 0 radical (unpaired) electrons. The van der Waals surface area contributed by atoms with Gasteiger partial charge in [-0.1, -0.05) is 50.5 Å². The minimum Gasteiger partial charge on any atom is -0.396 e. The van der Waals surface area contributed by atoms with Crippen LogP contribution in [0.5, 0.6) is 0 Å². The van der Waals surface area contributed by atoms with Crippen LogP contribution in [0.15, 0.2) is 24.3 Å². The van der Waals surface area contributed by atoms with Gasteiger partial charge in [-0.2, -0.15) is 0 Å². The molecule has 4 fully saturated rings. The zero-order valence-electron chi connectivity index (χ0n) is 25.7. The Kier molecular flexibility index (Phi) is 15.7.